The topological polar surface area (TPSA) is 37.0 Å². The highest BCUT2D eigenvalue weighted by atomic mass is 32.1. The Balaban J connectivity index is 1.99. The molecule has 2 aromatic rings. The van der Waals surface area contributed by atoms with Crippen LogP contribution in [0.3, 0.4) is 0 Å². The molecule has 1 aromatic carbocycles. The van der Waals surface area contributed by atoms with Gasteiger partial charge >= 0.3 is 0 Å². The second-order valence-corrected chi connectivity index (χ2v) is 4.63. The minimum atomic E-state index is -0.689. The number of hydrogen-bond donors (Lipinski definition) is 2. The van der Waals surface area contributed by atoms with Crippen LogP contribution in [0.15, 0.2) is 42.7 Å². The predicted octanol–water partition coefficient (Wildman–Crippen LogP) is 3.41. The zero-order valence-electron chi connectivity index (χ0n) is 10.7. The van der Waals surface area contributed by atoms with E-state index in [9.17, 15) is 8.78 Å². The molecule has 0 fully saturated rings. The van der Waals surface area contributed by atoms with Crippen molar-refractivity contribution < 1.29 is 8.78 Å². The third kappa shape index (κ3) is 3.71. The van der Waals surface area contributed by atoms with Crippen LogP contribution in [0.4, 0.5) is 14.5 Å². The van der Waals surface area contributed by atoms with Crippen molar-refractivity contribution in [3.63, 3.8) is 0 Å². The summed E-state index contributed by atoms with van der Waals surface area (Å²) in [7, 11) is 0. The summed E-state index contributed by atoms with van der Waals surface area (Å²) in [6.45, 7) is 1.92. The summed E-state index contributed by atoms with van der Waals surface area (Å²) in [5.74, 6) is -1.32. The maximum absolute atomic E-state index is 13.5. The van der Waals surface area contributed by atoms with Crippen LogP contribution in [-0.2, 0) is 0 Å². The molecule has 0 saturated carbocycles. The van der Waals surface area contributed by atoms with E-state index >= 15 is 0 Å². The van der Waals surface area contributed by atoms with Gasteiger partial charge in [0, 0.05) is 18.5 Å². The quantitative estimate of drug-likeness (QED) is 0.850. The number of anilines is 1. The number of nitrogens with zero attached hydrogens (tertiary/aromatic N) is 1. The van der Waals surface area contributed by atoms with Crippen molar-refractivity contribution in [1.29, 1.82) is 0 Å². The summed E-state index contributed by atoms with van der Waals surface area (Å²) in [4.78, 5) is 3.93. The first kappa shape index (κ1) is 14.3. The van der Waals surface area contributed by atoms with Gasteiger partial charge in [-0.3, -0.25) is 4.98 Å². The van der Waals surface area contributed by atoms with Crippen LogP contribution >= 0.6 is 12.2 Å². The lowest BCUT2D eigenvalue weighted by molar-refractivity contribution is 0.586. The Morgan fingerprint density at radius 2 is 1.90 bits per heavy atom. The molecule has 1 heterocycles. The van der Waals surface area contributed by atoms with Crippen LogP contribution in [0.5, 0.6) is 0 Å². The van der Waals surface area contributed by atoms with Gasteiger partial charge in [-0.2, -0.15) is 0 Å². The summed E-state index contributed by atoms with van der Waals surface area (Å²) in [6.07, 6.45) is 3.37. The van der Waals surface area contributed by atoms with Gasteiger partial charge in [-0.25, -0.2) is 8.78 Å². The molecule has 1 atom stereocenters. The fourth-order valence-corrected chi connectivity index (χ4v) is 1.97. The molecule has 20 heavy (non-hydrogen) atoms. The molecule has 0 radical (unpaired) electrons. The van der Waals surface area contributed by atoms with Crippen molar-refractivity contribution in [2.75, 3.05) is 5.32 Å². The first-order chi connectivity index (χ1) is 9.56. The monoisotopic (exact) mass is 293 g/mol. The van der Waals surface area contributed by atoms with Crippen LogP contribution in [0.1, 0.15) is 18.5 Å². The lowest BCUT2D eigenvalue weighted by atomic mass is 10.1. The Kier molecular flexibility index (Phi) is 4.57. The summed E-state index contributed by atoms with van der Waals surface area (Å²) >= 11 is 5.11. The maximum atomic E-state index is 13.5. The molecule has 0 aliphatic carbocycles. The van der Waals surface area contributed by atoms with Crippen LogP contribution in [0.25, 0.3) is 0 Å². The van der Waals surface area contributed by atoms with Crippen LogP contribution in [0, 0.1) is 11.6 Å². The minimum absolute atomic E-state index is 0.0542. The molecule has 0 unspecified atom stereocenters. The van der Waals surface area contributed by atoms with Crippen LogP contribution in [-0.4, -0.2) is 10.1 Å². The van der Waals surface area contributed by atoms with Gasteiger partial charge in [-0.05, 0) is 49.0 Å². The van der Waals surface area contributed by atoms with Gasteiger partial charge < -0.3 is 10.6 Å². The molecular formula is C14H13F2N3S. The normalized spacial score (nSPS) is 11.8. The number of aromatic nitrogens is 1. The fraction of sp³-hybridized carbons (Fsp3) is 0.143. The van der Waals surface area contributed by atoms with Crippen molar-refractivity contribution in [2.24, 2.45) is 0 Å². The van der Waals surface area contributed by atoms with Gasteiger partial charge in [0.15, 0.2) is 5.11 Å². The third-order valence-corrected chi connectivity index (χ3v) is 2.95. The summed E-state index contributed by atoms with van der Waals surface area (Å²) in [5, 5.41) is 5.98. The standard InChI is InChI=1S/C14H13F2N3S/c1-9(10-4-6-17-7-5-10)18-14(20)19-13-3-2-11(15)8-12(13)16/h2-9H,1H3,(H2,18,19,20)/t9-/m1/s1. The number of rotatable bonds is 3. The minimum Gasteiger partial charge on any atom is -0.356 e. The predicted molar refractivity (Wildman–Crippen MR) is 78.4 cm³/mol. The average Bonchev–Trinajstić information content (AvgIpc) is 2.43. The van der Waals surface area contributed by atoms with E-state index < -0.39 is 11.6 Å². The lowest BCUT2D eigenvalue weighted by Gasteiger charge is -2.17. The molecule has 1 aromatic heterocycles. The van der Waals surface area contributed by atoms with Crippen molar-refractivity contribution in [1.82, 2.24) is 10.3 Å². The van der Waals surface area contributed by atoms with E-state index in [1.54, 1.807) is 12.4 Å². The largest absolute Gasteiger partial charge is 0.356 e. The Bertz CT molecular complexity index is 605. The Labute approximate surface area is 121 Å². The van der Waals surface area contributed by atoms with E-state index in [0.29, 0.717) is 0 Å². The van der Waals surface area contributed by atoms with Gasteiger partial charge in [0.05, 0.1) is 11.7 Å². The van der Waals surface area contributed by atoms with E-state index in [4.69, 9.17) is 12.2 Å². The Morgan fingerprint density at radius 1 is 1.20 bits per heavy atom. The van der Waals surface area contributed by atoms with E-state index in [1.807, 2.05) is 19.1 Å². The zero-order chi connectivity index (χ0) is 14.5. The molecule has 3 nitrogen and oxygen atoms in total. The van der Waals surface area contributed by atoms with Gasteiger partial charge in [-0.1, -0.05) is 0 Å². The average molecular weight is 293 g/mol. The van der Waals surface area contributed by atoms with E-state index in [-0.39, 0.29) is 16.8 Å². The van der Waals surface area contributed by atoms with Gasteiger partial charge in [0.1, 0.15) is 11.6 Å². The molecule has 104 valence electrons. The van der Waals surface area contributed by atoms with E-state index in [2.05, 4.69) is 15.6 Å². The summed E-state index contributed by atoms with van der Waals surface area (Å²) < 4.78 is 26.3. The summed E-state index contributed by atoms with van der Waals surface area (Å²) in [6, 6.07) is 6.94. The number of pyridine rings is 1. The van der Waals surface area contributed by atoms with Crippen molar-refractivity contribution in [3.05, 3.63) is 59.9 Å². The molecule has 0 saturated heterocycles. The second kappa shape index (κ2) is 6.38. The zero-order valence-corrected chi connectivity index (χ0v) is 11.5. The second-order valence-electron chi connectivity index (χ2n) is 4.22. The smallest absolute Gasteiger partial charge is 0.171 e. The highest BCUT2D eigenvalue weighted by Crippen LogP contribution is 2.16. The first-order valence-corrected chi connectivity index (χ1v) is 6.39. The van der Waals surface area contributed by atoms with Crippen LogP contribution < -0.4 is 10.6 Å². The Hall–Kier alpha value is -2.08. The first-order valence-electron chi connectivity index (χ1n) is 5.99. The Morgan fingerprint density at radius 3 is 2.55 bits per heavy atom. The van der Waals surface area contributed by atoms with Crippen molar-refractivity contribution in [3.8, 4) is 0 Å². The summed E-state index contributed by atoms with van der Waals surface area (Å²) in [5.41, 5.74) is 1.13. The van der Waals surface area contributed by atoms with E-state index in [1.165, 1.54) is 12.1 Å². The maximum Gasteiger partial charge on any atom is 0.171 e. The van der Waals surface area contributed by atoms with Crippen molar-refractivity contribution in [2.45, 2.75) is 13.0 Å². The fourth-order valence-electron chi connectivity index (χ4n) is 1.68. The number of halogens is 2. The molecule has 0 aliphatic rings. The lowest BCUT2D eigenvalue weighted by Crippen LogP contribution is -2.31. The number of nitrogens with one attached hydrogen (secondary N) is 2. The number of thiocarbonyl (C=S) groups is 1. The van der Waals surface area contributed by atoms with Gasteiger partial charge in [0.2, 0.25) is 0 Å². The molecule has 2 rings (SSSR count). The highest BCUT2D eigenvalue weighted by molar-refractivity contribution is 7.80. The molecule has 0 aliphatic heterocycles. The SMILES string of the molecule is C[C@@H](NC(=S)Nc1ccc(F)cc1F)c1ccncc1. The highest BCUT2D eigenvalue weighted by Gasteiger charge is 2.09. The van der Waals surface area contributed by atoms with Gasteiger partial charge in [0.25, 0.3) is 0 Å². The third-order valence-electron chi connectivity index (χ3n) is 2.73. The molecule has 0 spiro atoms. The number of benzene rings is 1. The molecule has 0 amide bonds. The molecule has 2 N–H and O–H groups in total. The van der Waals surface area contributed by atoms with Crippen molar-refractivity contribution >= 4 is 23.0 Å². The van der Waals surface area contributed by atoms with Crippen LogP contribution in [0.2, 0.25) is 0 Å². The molecule has 0 bridgehead atoms. The van der Waals surface area contributed by atoms with E-state index in [0.717, 1.165) is 11.6 Å². The number of hydrogen-bond acceptors (Lipinski definition) is 2. The van der Waals surface area contributed by atoms with Gasteiger partial charge in [-0.15, -0.1) is 0 Å². The molecular weight excluding hydrogens is 280 g/mol. The molecule has 6 heteroatoms.